The van der Waals surface area contributed by atoms with Crippen molar-refractivity contribution in [2.24, 2.45) is 0 Å². The number of nitrogens with one attached hydrogen (secondary N) is 1. The quantitative estimate of drug-likeness (QED) is 0.804. The third-order valence-corrected chi connectivity index (χ3v) is 4.71. The number of ketones is 1. The molecule has 0 spiro atoms. The Hall–Kier alpha value is -2.39. The minimum absolute atomic E-state index is 0.183. The number of nitrogens with zero attached hydrogens (tertiary/aromatic N) is 1. The predicted molar refractivity (Wildman–Crippen MR) is 92.6 cm³/mol. The van der Waals surface area contributed by atoms with E-state index in [0.717, 1.165) is 25.2 Å². The van der Waals surface area contributed by atoms with E-state index in [2.05, 4.69) is 58.4 Å². The summed E-state index contributed by atoms with van der Waals surface area (Å²) in [6.45, 7) is 3.33. The van der Waals surface area contributed by atoms with Crippen molar-refractivity contribution in [2.75, 3.05) is 6.54 Å². The lowest BCUT2D eigenvalue weighted by atomic mass is 9.97. The molecule has 4 rings (SSSR count). The maximum absolute atomic E-state index is 12.2. The molecule has 116 valence electrons. The lowest BCUT2D eigenvalue weighted by Crippen LogP contribution is -2.35. The molecular formula is C20H20N2O. The third-order valence-electron chi connectivity index (χ3n) is 4.71. The van der Waals surface area contributed by atoms with Crippen LogP contribution >= 0.6 is 0 Å². The first-order valence-corrected chi connectivity index (χ1v) is 8.13. The number of carbonyl (C=O) groups excluding carboxylic acids is 1. The van der Waals surface area contributed by atoms with Gasteiger partial charge in [-0.1, -0.05) is 48.5 Å². The number of carbonyl (C=O) groups is 1. The average Bonchev–Trinajstić information content (AvgIpc) is 2.90. The number of hydrogen-bond donors (Lipinski definition) is 1. The lowest BCUT2D eigenvalue weighted by molar-refractivity contribution is -0.119. The molecule has 0 amide bonds. The molecule has 0 aliphatic carbocycles. The van der Waals surface area contributed by atoms with Gasteiger partial charge in [-0.05, 0) is 30.5 Å². The normalized spacial score (nSPS) is 17.2. The van der Waals surface area contributed by atoms with Crippen molar-refractivity contribution in [3.63, 3.8) is 0 Å². The van der Waals surface area contributed by atoms with E-state index in [1.165, 1.54) is 22.0 Å². The van der Waals surface area contributed by atoms with Crippen LogP contribution in [0, 0.1) is 0 Å². The van der Waals surface area contributed by atoms with Gasteiger partial charge in [0.2, 0.25) is 0 Å². The molecule has 2 heterocycles. The fraction of sp³-hybridized carbons (Fsp3) is 0.250. The second-order valence-corrected chi connectivity index (χ2v) is 6.20. The number of para-hydroxylation sites is 1. The SMILES string of the molecule is CC(=O)C1NCCc2c1n(Cc1ccccc1)c1ccccc21. The van der Waals surface area contributed by atoms with E-state index in [-0.39, 0.29) is 11.8 Å². The van der Waals surface area contributed by atoms with E-state index in [9.17, 15) is 4.79 Å². The van der Waals surface area contributed by atoms with E-state index in [4.69, 9.17) is 0 Å². The smallest absolute Gasteiger partial charge is 0.152 e. The number of hydrogen-bond acceptors (Lipinski definition) is 2. The Morgan fingerprint density at radius 3 is 2.65 bits per heavy atom. The van der Waals surface area contributed by atoms with Crippen LogP contribution in [-0.2, 0) is 17.8 Å². The van der Waals surface area contributed by atoms with E-state index in [0.29, 0.717) is 0 Å². The van der Waals surface area contributed by atoms with Crippen LogP contribution < -0.4 is 5.32 Å². The van der Waals surface area contributed by atoms with Gasteiger partial charge in [0, 0.05) is 29.7 Å². The molecule has 1 aromatic heterocycles. The highest BCUT2D eigenvalue weighted by Gasteiger charge is 2.29. The largest absolute Gasteiger partial charge is 0.338 e. The summed E-state index contributed by atoms with van der Waals surface area (Å²) in [5.41, 5.74) is 4.95. The zero-order valence-electron chi connectivity index (χ0n) is 13.3. The van der Waals surface area contributed by atoms with E-state index >= 15 is 0 Å². The first kappa shape index (κ1) is 14.2. The van der Waals surface area contributed by atoms with Gasteiger partial charge in [-0.3, -0.25) is 4.79 Å². The zero-order valence-corrected chi connectivity index (χ0v) is 13.3. The number of rotatable bonds is 3. The van der Waals surface area contributed by atoms with Crippen LogP contribution in [0.1, 0.15) is 29.8 Å². The van der Waals surface area contributed by atoms with Crippen molar-refractivity contribution in [1.29, 1.82) is 0 Å². The zero-order chi connectivity index (χ0) is 15.8. The lowest BCUT2D eigenvalue weighted by Gasteiger charge is -2.25. The number of benzene rings is 2. The third kappa shape index (κ3) is 2.37. The maximum atomic E-state index is 12.2. The molecule has 23 heavy (non-hydrogen) atoms. The van der Waals surface area contributed by atoms with Gasteiger partial charge in [-0.15, -0.1) is 0 Å². The van der Waals surface area contributed by atoms with Gasteiger partial charge in [0.1, 0.15) is 6.04 Å². The molecule has 3 heteroatoms. The topological polar surface area (TPSA) is 34.0 Å². The summed E-state index contributed by atoms with van der Waals surface area (Å²) in [7, 11) is 0. The van der Waals surface area contributed by atoms with E-state index < -0.39 is 0 Å². The Labute approximate surface area is 135 Å². The Bertz CT molecular complexity index is 864. The standard InChI is InChI=1S/C20H20N2O/c1-14(23)19-20-17(11-12-21-19)16-9-5-6-10-18(16)22(20)13-15-7-3-2-4-8-15/h2-10,19,21H,11-13H2,1H3. The Kier molecular flexibility index (Phi) is 3.50. The van der Waals surface area contributed by atoms with E-state index in [1.807, 2.05) is 6.07 Å². The molecule has 1 aliphatic heterocycles. The molecule has 0 bridgehead atoms. The van der Waals surface area contributed by atoms with E-state index in [1.54, 1.807) is 6.92 Å². The Morgan fingerprint density at radius 2 is 1.87 bits per heavy atom. The molecular weight excluding hydrogens is 284 g/mol. The maximum Gasteiger partial charge on any atom is 0.152 e. The van der Waals surface area contributed by atoms with Crippen LogP contribution in [0.2, 0.25) is 0 Å². The molecule has 0 saturated carbocycles. The minimum atomic E-state index is -0.199. The van der Waals surface area contributed by atoms with Crippen LogP contribution in [0.25, 0.3) is 10.9 Å². The monoisotopic (exact) mass is 304 g/mol. The van der Waals surface area contributed by atoms with Crippen molar-refractivity contribution in [3.8, 4) is 0 Å². The molecule has 1 atom stereocenters. The second kappa shape index (κ2) is 5.67. The minimum Gasteiger partial charge on any atom is -0.338 e. The molecule has 1 N–H and O–H groups in total. The highest BCUT2D eigenvalue weighted by Crippen LogP contribution is 2.34. The Balaban J connectivity index is 1.94. The predicted octanol–water partition coefficient (Wildman–Crippen LogP) is 3.47. The molecule has 3 nitrogen and oxygen atoms in total. The first-order valence-electron chi connectivity index (χ1n) is 8.13. The highest BCUT2D eigenvalue weighted by molar-refractivity contribution is 5.91. The number of Topliss-reactive ketones (excluding diaryl/α,β-unsaturated/α-hetero) is 1. The van der Waals surface area contributed by atoms with Crippen molar-refractivity contribution >= 4 is 16.7 Å². The molecule has 1 aliphatic rings. The molecule has 0 saturated heterocycles. The molecule has 3 aromatic rings. The summed E-state index contributed by atoms with van der Waals surface area (Å²) >= 11 is 0. The number of aromatic nitrogens is 1. The summed E-state index contributed by atoms with van der Waals surface area (Å²) in [5.74, 6) is 0.183. The molecule has 0 fully saturated rings. The van der Waals surface area contributed by atoms with Crippen LogP contribution in [0.4, 0.5) is 0 Å². The van der Waals surface area contributed by atoms with Crippen LogP contribution in [-0.4, -0.2) is 16.9 Å². The summed E-state index contributed by atoms with van der Waals surface area (Å²) < 4.78 is 2.32. The van der Waals surface area contributed by atoms with Gasteiger partial charge < -0.3 is 9.88 Å². The second-order valence-electron chi connectivity index (χ2n) is 6.20. The average molecular weight is 304 g/mol. The van der Waals surface area contributed by atoms with Crippen molar-refractivity contribution < 1.29 is 4.79 Å². The van der Waals surface area contributed by atoms with Crippen LogP contribution in [0.5, 0.6) is 0 Å². The van der Waals surface area contributed by atoms with Gasteiger partial charge in [0.15, 0.2) is 5.78 Å². The Morgan fingerprint density at radius 1 is 1.13 bits per heavy atom. The van der Waals surface area contributed by atoms with Crippen LogP contribution in [0.3, 0.4) is 0 Å². The fourth-order valence-electron chi connectivity index (χ4n) is 3.70. The highest BCUT2D eigenvalue weighted by atomic mass is 16.1. The van der Waals surface area contributed by atoms with Gasteiger partial charge in [-0.25, -0.2) is 0 Å². The fourth-order valence-corrected chi connectivity index (χ4v) is 3.70. The van der Waals surface area contributed by atoms with Gasteiger partial charge >= 0.3 is 0 Å². The van der Waals surface area contributed by atoms with Crippen molar-refractivity contribution in [3.05, 3.63) is 71.4 Å². The number of fused-ring (bicyclic) bond motifs is 3. The van der Waals surface area contributed by atoms with Gasteiger partial charge in [0.25, 0.3) is 0 Å². The summed E-state index contributed by atoms with van der Waals surface area (Å²) in [6.07, 6.45) is 0.974. The molecule has 1 unspecified atom stereocenters. The van der Waals surface area contributed by atoms with Crippen molar-refractivity contribution in [2.45, 2.75) is 25.9 Å². The summed E-state index contributed by atoms with van der Waals surface area (Å²) in [6, 6.07) is 18.7. The van der Waals surface area contributed by atoms with Crippen LogP contribution in [0.15, 0.2) is 54.6 Å². The summed E-state index contributed by atoms with van der Waals surface area (Å²) in [4.78, 5) is 12.2. The van der Waals surface area contributed by atoms with Gasteiger partial charge in [0.05, 0.1) is 0 Å². The molecule has 2 aromatic carbocycles. The van der Waals surface area contributed by atoms with Crippen molar-refractivity contribution in [1.82, 2.24) is 9.88 Å². The molecule has 0 radical (unpaired) electrons. The first-order chi connectivity index (χ1) is 11.3. The summed E-state index contributed by atoms with van der Waals surface area (Å²) in [5, 5.41) is 4.68. The van der Waals surface area contributed by atoms with Gasteiger partial charge in [-0.2, -0.15) is 0 Å².